The van der Waals surface area contributed by atoms with E-state index in [0.717, 1.165) is 51.6 Å². The number of hydrogen-bond donors (Lipinski definition) is 1. The molecular weight excluding hydrogens is 490 g/mol. The van der Waals surface area contributed by atoms with E-state index in [-0.39, 0.29) is 18.2 Å². The lowest BCUT2D eigenvalue weighted by Crippen LogP contribution is -2.44. The quantitative estimate of drug-likeness (QED) is 0.122. The minimum atomic E-state index is -0.373. The highest BCUT2D eigenvalue weighted by atomic mass is 16.6. The van der Waals surface area contributed by atoms with Gasteiger partial charge in [-0.3, -0.25) is 0 Å². The molecule has 0 aromatic carbocycles. The van der Waals surface area contributed by atoms with Crippen LogP contribution in [0.5, 0.6) is 0 Å². The molecule has 1 N–H and O–H groups in total. The van der Waals surface area contributed by atoms with Crippen LogP contribution in [0.2, 0.25) is 0 Å². The highest BCUT2D eigenvalue weighted by Crippen LogP contribution is 2.21. The fourth-order valence-electron chi connectivity index (χ4n) is 5.36. The lowest BCUT2D eigenvalue weighted by molar-refractivity contribution is 0.0619. The minimum absolute atomic E-state index is 0.0959. The zero-order chi connectivity index (χ0) is 28.4. The van der Waals surface area contributed by atoms with Crippen molar-refractivity contribution in [3.63, 3.8) is 0 Å². The number of alkyl carbamates (subject to hydrolysis) is 1. The van der Waals surface area contributed by atoms with Gasteiger partial charge in [-0.05, 0) is 52.7 Å². The Kier molecular flexibility index (Phi) is 23.2. The Morgan fingerprint density at radius 2 is 1.31 bits per heavy atom. The lowest BCUT2D eigenvalue weighted by atomic mass is 10.0. The van der Waals surface area contributed by atoms with Gasteiger partial charge in [0.1, 0.15) is 0 Å². The Bertz CT molecular complexity index is 588. The number of ether oxygens (including phenoxy) is 2. The average Bonchev–Trinajstić information content (AvgIpc) is 2.93. The predicted octanol–water partition coefficient (Wildman–Crippen LogP) is 8.31. The molecule has 2 amide bonds. The molecule has 1 unspecified atom stereocenters. The fraction of sp³-hybridized carbons (Fsp3) is 0.938. The molecule has 0 aliphatic carbocycles. The molecule has 1 fully saturated rings. The number of nitrogens with zero attached hydrogens (tertiary/aromatic N) is 2. The molecular formula is C32H63N3O4. The third-order valence-electron chi connectivity index (χ3n) is 7.82. The van der Waals surface area contributed by atoms with Gasteiger partial charge in [-0.1, -0.05) is 103 Å². The van der Waals surface area contributed by atoms with Gasteiger partial charge in [0.2, 0.25) is 0 Å². The molecule has 0 aromatic heterocycles. The van der Waals surface area contributed by atoms with Crippen LogP contribution >= 0.6 is 0 Å². The molecule has 1 aliphatic rings. The zero-order valence-electron chi connectivity index (χ0n) is 26.0. The summed E-state index contributed by atoms with van der Waals surface area (Å²) in [4.78, 5) is 28.5. The van der Waals surface area contributed by atoms with E-state index >= 15 is 0 Å². The van der Waals surface area contributed by atoms with Crippen LogP contribution in [0.1, 0.15) is 142 Å². The van der Waals surface area contributed by atoms with Gasteiger partial charge in [-0.25, -0.2) is 9.59 Å². The Hall–Kier alpha value is -1.50. The Morgan fingerprint density at radius 1 is 0.744 bits per heavy atom. The second kappa shape index (κ2) is 25.5. The summed E-state index contributed by atoms with van der Waals surface area (Å²) in [7, 11) is 4.03. The van der Waals surface area contributed by atoms with Crippen molar-refractivity contribution in [3.05, 3.63) is 0 Å². The van der Waals surface area contributed by atoms with E-state index in [4.69, 9.17) is 9.47 Å². The number of carbonyl (C=O) groups excluding carboxylic acids is 2. The van der Waals surface area contributed by atoms with Crippen LogP contribution in [0.25, 0.3) is 0 Å². The van der Waals surface area contributed by atoms with Gasteiger partial charge in [0, 0.05) is 25.6 Å². The van der Waals surface area contributed by atoms with Crippen molar-refractivity contribution in [2.75, 3.05) is 46.9 Å². The lowest BCUT2D eigenvalue weighted by Gasteiger charge is -2.34. The van der Waals surface area contributed by atoms with Crippen molar-refractivity contribution in [1.82, 2.24) is 15.1 Å². The average molecular weight is 554 g/mol. The SMILES string of the molecule is CCCCCCCCCCCCCCCCCCOC(=O)N1CCCCC1CCOC(=O)NCCCN(C)C. The first-order valence-electron chi connectivity index (χ1n) is 16.5. The summed E-state index contributed by atoms with van der Waals surface area (Å²) in [5, 5.41) is 2.79. The van der Waals surface area contributed by atoms with E-state index < -0.39 is 0 Å². The van der Waals surface area contributed by atoms with Crippen LogP contribution in [-0.4, -0.2) is 75.0 Å². The maximum Gasteiger partial charge on any atom is 0.410 e. The van der Waals surface area contributed by atoms with Gasteiger partial charge in [-0.15, -0.1) is 0 Å². The van der Waals surface area contributed by atoms with E-state index in [2.05, 4.69) is 17.1 Å². The summed E-state index contributed by atoms with van der Waals surface area (Å²) in [6.45, 7) is 5.39. The molecule has 7 heteroatoms. The first-order chi connectivity index (χ1) is 19.0. The predicted molar refractivity (Wildman–Crippen MR) is 162 cm³/mol. The third kappa shape index (κ3) is 21.0. The molecule has 1 heterocycles. The molecule has 1 aliphatic heterocycles. The zero-order valence-corrected chi connectivity index (χ0v) is 26.0. The van der Waals surface area contributed by atoms with Crippen LogP contribution in [0, 0.1) is 0 Å². The summed E-state index contributed by atoms with van der Waals surface area (Å²) in [6, 6.07) is 0.0959. The van der Waals surface area contributed by atoms with E-state index in [9.17, 15) is 9.59 Å². The van der Waals surface area contributed by atoms with Crippen LogP contribution in [-0.2, 0) is 9.47 Å². The smallest absolute Gasteiger partial charge is 0.410 e. The van der Waals surface area contributed by atoms with Gasteiger partial charge in [-0.2, -0.15) is 0 Å². The van der Waals surface area contributed by atoms with E-state index in [0.29, 0.717) is 26.2 Å². The van der Waals surface area contributed by atoms with Gasteiger partial charge in [0.05, 0.1) is 13.2 Å². The molecule has 0 spiro atoms. The van der Waals surface area contributed by atoms with Crippen molar-refractivity contribution < 1.29 is 19.1 Å². The van der Waals surface area contributed by atoms with Gasteiger partial charge < -0.3 is 24.6 Å². The van der Waals surface area contributed by atoms with E-state index in [1.54, 1.807) is 0 Å². The molecule has 39 heavy (non-hydrogen) atoms. The largest absolute Gasteiger partial charge is 0.449 e. The highest BCUT2D eigenvalue weighted by molar-refractivity contribution is 5.68. The van der Waals surface area contributed by atoms with Crippen molar-refractivity contribution in [1.29, 1.82) is 0 Å². The summed E-state index contributed by atoms with van der Waals surface area (Å²) in [5.74, 6) is 0. The van der Waals surface area contributed by atoms with Crippen LogP contribution in [0.4, 0.5) is 9.59 Å². The first-order valence-corrected chi connectivity index (χ1v) is 16.5. The second-order valence-corrected chi connectivity index (χ2v) is 11.8. The number of piperidine rings is 1. The second-order valence-electron chi connectivity index (χ2n) is 11.8. The van der Waals surface area contributed by atoms with Crippen molar-refractivity contribution >= 4 is 12.2 Å². The van der Waals surface area contributed by atoms with Crippen LogP contribution < -0.4 is 5.32 Å². The number of nitrogens with one attached hydrogen (secondary N) is 1. The molecule has 1 atom stereocenters. The fourth-order valence-corrected chi connectivity index (χ4v) is 5.36. The van der Waals surface area contributed by atoms with Gasteiger partial charge in [0.15, 0.2) is 0 Å². The summed E-state index contributed by atoms with van der Waals surface area (Å²) < 4.78 is 10.9. The maximum atomic E-state index is 12.7. The Morgan fingerprint density at radius 3 is 1.87 bits per heavy atom. The first kappa shape index (κ1) is 35.5. The molecule has 0 aromatic rings. The van der Waals surface area contributed by atoms with Gasteiger partial charge in [0.25, 0.3) is 0 Å². The van der Waals surface area contributed by atoms with Gasteiger partial charge >= 0.3 is 12.2 Å². The molecule has 0 radical (unpaired) electrons. The summed E-state index contributed by atoms with van der Waals surface area (Å²) in [6.07, 6.45) is 25.4. The minimum Gasteiger partial charge on any atom is -0.449 e. The maximum absolute atomic E-state index is 12.7. The molecule has 0 saturated carbocycles. The molecule has 230 valence electrons. The Labute approximate surface area is 241 Å². The van der Waals surface area contributed by atoms with E-state index in [1.165, 1.54) is 89.9 Å². The topological polar surface area (TPSA) is 71.1 Å². The van der Waals surface area contributed by atoms with Crippen LogP contribution in [0.15, 0.2) is 0 Å². The third-order valence-corrected chi connectivity index (χ3v) is 7.82. The van der Waals surface area contributed by atoms with Crippen molar-refractivity contribution in [2.45, 2.75) is 148 Å². The molecule has 1 saturated heterocycles. The normalized spacial score (nSPS) is 15.5. The van der Waals surface area contributed by atoms with Crippen LogP contribution in [0.3, 0.4) is 0 Å². The number of hydrogen-bond acceptors (Lipinski definition) is 5. The molecule has 0 bridgehead atoms. The standard InChI is InChI=1S/C32H63N3O4/c1-4-5-6-7-8-9-10-11-12-13-14-15-16-17-18-21-28-39-32(37)35-27-20-19-23-30(35)24-29-38-31(36)33-25-22-26-34(2)3/h30H,4-29H2,1-3H3,(H,33,36). The number of unbranched alkanes of at least 4 members (excludes halogenated alkanes) is 15. The number of carbonyl (C=O) groups is 2. The number of rotatable bonds is 24. The number of likely N-dealkylation sites (tertiary alicyclic amines) is 1. The van der Waals surface area contributed by atoms with Crippen molar-refractivity contribution in [3.8, 4) is 0 Å². The van der Waals surface area contributed by atoms with Crippen molar-refractivity contribution in [2.24, 2.45) is 0 Å². The summed E-state index contributed by atoms with van der Waals surface area (Å²) >= 11 is 0. The highest BCUT2D eigenvalue weighted by Gasteiger charge is 2.27. The summed E-state index contributed by atoms with van der Waals surface area (Å²) in [5.41, 5.74) is 0. The monoisotopic (exact) mass is 553 g/mol. The number of amides is 2. The molecule has 1 rings (SSSR count). The molecule has 7 nitrogen and oxygen atoms in total. The van der Waals surface area contributed by atoms with E-state index in [1.807, 2.05) is 19.0 Å². The Balaban J connectivity index is 1.98.